The number of furan rings is 1. The molecule has 1 unspecified atom stereocenters. The van der Waals surface area contributed by atoms with Crippen molar-refractivity contribution < 1.29 is 37.5 Å². The summed E-state index contributed by atoms with van der Waals surface area (Å²) in [7, 11) is 1.54. The van der Waals surface area contributed by atoms with Gasteiger partial charge in [-0.1, -0.05) is 12.1 Å². The van der Waals surface area contributed by atoms with E-state index < -0.39 is 27.9 Å². The molecule has 4 rings (SSSR count). The van der Waals surface area contributed by atoms with Crippen LogP contribution in [-0.4, -0.2) is 38.3 Å². The van der Waals surface area contributed by atoms with Crippen molar-refractivity contribution in [1.82, 2.24) is 9.71 Å². The molecule has 0 fully saturated rings. The highest BCUT2D eigenvalue weighted by atomic mass is 32.2. The quantitative estimate of drug-likeness (QED) is 0.155. The number of hydrogen-bond acceptors (Lipinski definition) is 8. The fourth-order valence-electron chi connectivity index (χ4n) is 4.31. The highest BCUT2D eigenvalue weighted by Crippen LogP contribution is 2.35. The van der Waals surface area contributed by atoms with Gasteiger partial charge in [-0.2, -0.15) is 0 Å². The summed E-state index contributed by atoms with van der Waals surface area (Å²) in [6.45, 7) is 7.04. The van der Waals surface area contributed by atoms with Gasteiger partial charge >= 0.3 is 5.97 Å². The zero-order valence-electron chi connectivity index (χ0n) is 24.1. The molecule has 11 heteroatoms. The van der Waals surface area contributed by atoms with Gasteiger partial charge in [-0.25, -0.2) is 4.39 Å². The lowest BCUT2D eigenvalue weighted by Crippen LogP contribution is -2.39. The first-order valence-corrected chi connectivity index (χ1v) is 14.3. The van der Waals surface area contributed by atoms with Crippen molar-refractivity contribution in [2.45, 2.75) is 58.6 Å². The van der Waals surface area contributed by atoms with Gasteiger partial charge in [0.1, 0.15) is 35.1 Å². The zero-order chi connectivity index (χ0) is 30.6. The zero-order valence-corrected chi connectivity index (χ0v) is 24.9. The summed E-state index contributed by atoms with van der Waals surface area (Å²) < 4.78 is 48.0. The van der Waals surface area contributed by atoms with E-state index in [-0.39, 0.29) is 49.0 Å². The Hall–Kier alpha value is -3.77. The van der Waals surface area contributed by atoms with E-state index in [0.717, 1.165) is 0 Å². The van der Waals surface area contributed by atoms with Crippen LogP contribution in [0.1, 0.15) is 60.6 Å². The van der Waals surface area contributed by atoms with Gasteiger partial charge in [0.25, 0.3) is 0 Å². The second-order valence-corrected chi connectivity index (χ2v) is 12.8. The Morgan fingerprint density at radius 1 is 1.12 bits per heavy atom. The molecule has 9 nitrogen and oxygen atoms in total. The van der Waals surface area contributed by atoms with E-state index in [0.29, 0.717) is 39.0 Å². The number of ketones is 1. The van der Waals surface area contributed by atoms with Gasteiger partial charge < -0.3 is 23.6 Å². The highest BCUT2D eigenvalue weighted by Gasteiger charge is 2.27. The molecule has 0 aliphatic rings. The van der Waals surface area contributed by atoms with Crippen molar-refractivity contribution in [2.75, 3.05) is 7.11 Å². The van der Waals surface area contributed by atoms with Crippen LogP contribution in [0.2, 0.25) is 0 Å². The lowest BCUT2D eigenvalue weighted by Gasteiger charge is -2.23. The van der Waals surface area contributed by atoms with Gasteiger partial charge in [-0.3, -0.25) is 14.6 Å². The number of benzene rings is 2. The predicted octanol–water partition coefficient (Wildman–Crippen LogP) is 5.74. The molecular formula is C31H33FN2O7S. The van der Waals surface area contributed by atoms with Crippen molar-refractivity contribution >= 4 is 34.1 Å². The molecule has 0 bridgehead atoms. The van der Waals surface area contributed by atoms with E-state index in [1.165, 1.54) is 19.2 Å². The smallest absolute Gasteiger partial charge is 0.307 e. The molecule has 2 aromatic heterocycles. The summed E-state index contributed by atoms with van der Waals surface area (Å²) in [5, 5.41) is 10.0. The van der Waals surface area contributed by atoms with E-state index in [1.54, 1.807) is 37.4 Å². The first kappa shape index (κ1) is 31.2. The number of carbonyl (C=O) groups is 2. The van der Waals surface area contributed by atoms with Crippen molar-refractivity contribution in [3.05, 3.63) is 82.6 Å². The molecule has 2 aromatic carbocycles. The van der Waals surface area contributed by atoms with Crippen LogP contribution < -0.4 is 9.46 Å². The standard InChI is InChI=1S/C31H33FN2O7S/c1-18(35)20-6-7-21(14-28(36)37)27(13-20)40-16-19-10-22-12-23(17-39-5)41-30(22)25(11-19)24-8-9-33-26(29(24)32)15-34-42(38)31(2,3)4/h6-13,34H,14-17H2,1-5H3,(H,36,37). The Bertz CT molecular complexity index is 1610. The molecule has 2 N–H and O–H groups in total. The summed E-state index contributed by atoms with van der Waals surface area (Å²) in [4.78, 5) is 27.5. The summed E-state index contributed by atoms with van der Waals surface area (Å²) in [5.41, 5.74) is 2.70. The molecular weight excluding hydrogens is 563 g/mol. The van der Waals surface area contributed by atoms with Gasteiger partial charge in [0.15, 0.2) is 11.6 Å². The second-order valence-electron chi connectivity index (χ2n) is 10.8. The number of ether oxygens (including phenoxy) is 2. The van der Waals surface area contributed by atoms with Crippen molar-refractivity contribution in [3.8, 4) is 16.9 Å². The Labute approximate surface area is 246 Å². The third-order valence-corrected chi connectivity index (χ3v) is 7.92. The molecule has 42 heavy (non-hydrogen) atoms. The Kier molecular flexibility index (Phi) is 9.67. The van der Waals surface area contributed by atoms with Crippen LogP contribution in [0, 0.1) is 5.82 Å². The largest absolute Gasteiger partial charge is 0.598 e. The van der Waals surface area contributed by atoms with Crippen LogP contribution in [0.3, 0.4) is 0 Å². The molecule has 4 aromatic rings. The number of nitrogens with one attached hydrogen (secondary N) is 1. The number of halogens is 1. The van der Waals surface area contributed by atoms with Gasteiger partial charge in [0.2, 0.25) is 0 Å². The van der Waals surface area contributed by atoms with E-state index in [2.05, 4.69) is 9.71 Å². The minimum Gasteiger partial charge on any atom is -0.598 e. The maximum absolute atomic E-state index is 15.9. The average molecular weight is 597 g/mol. The SMILES string of the molecule is COCc1cc2cc(COc3cc(C(C)=O)ccc3CC(=O)O)cc(-c3ccnc(CN[S+]([O-])C(C)(C)C)c3F)c2o1. The van der Waals surface area contributed by atoms with Crippen LogP contribution in [0.5, 0.6) is 5.75 Å². The fraction of sp³-hybridized carbons (Fsp3) is 0.323. The minimum absolute atomic E-state index is 0.00733. The number of carboxylic acids is 1. The molecule has 1 atom stereocenters. The molecule has 0 aliphatic heterocycles. The maximum atomic E-state index is 15.9. The second kappa shape index (κ2) is 13.0. The van der Waals surface area contributed by atoms with Gasteiger partial charge in [-0.05, 0) is 63.6 Å². The molecule has 222 valence electrons. The number of rotatable bonds is 12. The number of aliphatic carboxylic acids is 1. The van der Waals surface area contributed by atoms with Crippen LogP contribution in [0.15, 0.2) is 53.1 Å². The van der Waals surface area contributed by atoms with Crippen LogP contribution in [-0.2, 0) is 47.1 Å². The summed E-state index contributed by atoms with van der Waals surface area (Å²) in [6.07, 6.45) is 1.20. The Morgan fingerprint density at radius 3 is 2.55 bits per heavy atom. The topological polar surface area (TPSA) is 134 Å². The molecule has 0 radical (unpaired) electrons. The van der Waals surface area contributed by atoms with Crippen LogP contribution >= 0.6 is 0 Å². The van der Waals surface area contributed by atoms with Crippen molar-refractivity contribution in [2.24, 2.45) is 0 Å². The van der Waals surface area contributed by atoms with Crippen molar-refractivity contribution in [3.63, 3.8) is 0 Å². The molecule has 0 aliphatic carbocycles. The molecule has 0 spiro atoms. The average Bonchev–Trinajstić information content (AvgIpc) is 3.33. The van der Waals surface area contributed by atoms with Crippen LogP contribution in [0.25, 0.3) is 22.1 Å². The minimum atomic E-state index is -1.42. The summed E-state index contributed by atoms with van der Waals surface area (Å²) in [5.74, 6) is -0.985. The monoisotopic (exact) mass is 596 g/mol. The van der Waals surface area contributed by atoms with E-state index in [4.69, 9.17) is 13.9 Å². The summed E-state index contributed by atoms with van der Waals surface area (Å²) >= 11 is -1.42. The van der Waals surface area contributed by atoms with Crippen molar-refractivity contribution in [1.29, 1.82) is 0 Å². The third-order valence-electron chi connectivity index (χ3n) is 6.40. The highest BCUT2D eigenvalue weighted by molar-refractivity contribution is 7.90. The molecule has 2 heterocycles. The Balaban J connectivity index is 1.73. The van der Waals surface area contributed by atoms with Gasteiger partial charge in [-0.15, -0.1) is 4.72 Å². The number of methoxy groups -OCH3 is 1. The molecule has 0 saturated carbocycles. The number of aromatic nitrogens is 1. The maximum Gasteiger partial charge on any atom is 0.307 e. The number of pyridine rings is 1. The fourth-order valence-corrected chi connectivity index (χ4v) is 5.01. The number of Topliss-reactive ketones (excluding diaryl/α,β-unsaturated/α-hetero) is 1. The van der Waals surface area contributed by atoms with Crippen LogP contribution in [0.4, 0.5) is 4.39 Å². The van der Waals surface area contributed by atoms with E-state index in [1.807, 2.05) is 26.8 Å². The van der Waals surface area contributed by atoms with Gasteiger partial charge in [0, 0.05) is 52.3 Å². The third kappa shape index (κ3) is 7.35. The number of nitrogens with zero attached hydrogens (tertiary/aromatic N) is 1. The number of carboxylic acid groups (broad SMARTS) is 1. The van der Waals surface area contributed by atoms with Gasteiger partial charge in [0.05, 0.1) is 18.7 Å². The van der Waals surface area contributed by atoms with E-state index in [9.17, 15) is 19.2 Å². The number of carbonyl (C=O) groups excluding carboxylic acids is 1. The lowest BCUT2D eigenvalue weighted by molar-refractivity contribution is -0.136. The first-order chi connectivity index (χ1) is 19.9. The predicted molar refractivity (Wildman–Crippen MR) is 157 cm³/mol. The number of hydrogen-bond donors (Lipinski definition) is 2. The molecule has 0 saturated heterocycles. The Morgan fingerprint density at radius 2 is 1.88 bits per heavy atom. The normalized spacial score (nSPS) is 12.5. The molecule has 0 amide bonds. The summed E-state index contributed by atoms with van der Waals surface area (Å²) in [6, 6.07) is 11.6. The van der Waals surface area contributed by atoms with E-state index >= 15 is 4.39 Å². The lowest BCUT2D eigenvalue weighted by atomic mass is 10.00. The first-order valence-electron chi connectivity index (χ1n) is 13.2. The number of fused-ring (bicyclic) bond motifs is 1.